The SMILES string of the molecule is CS(=O)(=O)N1CCO[C@H]2[C@H](Oc3cccnc3)CC[C@@H]21.O=C(O)C(F)(F)F. The molecule has 0 bridgehead atoms. The molecule has 1 aliphatic carbocycles. The number of carboxylic acids is 1. The molecule has 3 atom stereocenters. The summed E-state index contributed by atoms with van der Waals surface area (Å²) in [6.45, 7) is 0.848. The van der Waals surface area contributed by atoms with Gasteiger partial charge in [-0.05, 0) is 25.0 Å². The Morgan fingerprint density at radius 1 is 1.41 bits per heavy atom. The fraction of sp³-hybridized carbons (Fsp3) is 0.600. The Bertz CT molecular complexity index is 744. The first-order valence-corrected chi connectivity index (χ1v) is 9.80. The van der Waals surface area contributed by atoms with Gasteiger partial charge in [0.25, 0.3) is 0 Å². The molecule has 0 radical (unpaired) electrons. The normalized spacial score (nSPS) is 25.9. The monoisotopic (exact) mass is 412 g/mol. The van der Waals surface area contributed by atoms with Crippen LogP contribution in [0.15, 0.2) is 24.5 Å². The molecule has 1 aromatic heterocycles. The lowest BCUT2D eigenvalue weighted by Crippen LogP contribution is -2.53. The van der Waals surface area contributed by atoms with E-state index in [9.17, 15) is 21.6 Å². The topological polar surface area (TPSA) is 106 Å². The zero-order valence-corrected chi connectivity index (χ0v) is 15.1. The first-order chi connectivity index (χ1) is 12.5. The van der Waals surface area contributed by atoms with Gasteiger partial charge < -0.3 is 14.6 Å². The summed E-state index contributed by atoms with van der Waals surface area (Å²) in [7, 11) is -3.19. The third-order valence-electron chi connectivity index (χ3n) is 4.07. The molecule has 8 nitrogen and oxygen atoms in total. The number of ether oxygens (including phenoxy) is 2. The third kappa shape index (κ3) is 5.78. The number of carboxylic acid groups (broad SMARTS) is 1. The van der Waals surface area contributed by atoms with Crippen LogP contribution in [-0.2, 0) is 19.6 Å². The van der Waals surface area contributed by atoms with Gasteiger partial charge in [0.2, 0.25) is 10.0 Å². The Morgan fingerprint density at radius 2 is 2.07 bits per heavy atom. The molecule has 2 fully saturated rings. The van der Waals surface area contributed by atoms with Crippen molar-refractivity contribution in [1.82, 2.24) is 9.29 Å². The molecule has 27 heavy (non-hydrogen) atoms. The van der Waals surface area contributed by atoms with Crippen LogP contribution in [0.2, 0.25) is 0 Å². The van der Waals surface area contributed by atoms with Gasteiger partial charge in [-0.3, -0.25) is 4.98 Å². The van der Waals surface area contributed by atoms with Crippen molar-refractivity contribution in [2.75, 3.05) is 19.4 Å². The molecule has 2 aliphatic rings. The maximum Gasteiger partial charge on any atom is 0.490 e. The van der Waals surface area contributed by atoms with Crippen molar-refractivity contribution in [3.05, 3.63) is 24.5 Å². The number of sulfonamides is 1. The predicted octanol–water partition coefficient (Wildman–Crippen LogP) is 1.29. The second kappa shape index (κ2) is 8.40. The average molecular weight is 412 g/mol. The van der Waals surface area contributed by atoms with Crippen molar-refractivity contribution in [3.8, 4) is 5.75 Å². The van der Waals surface area contributed by atoms with Crippen LogP contribution in [0.1, 0.15) is 12.8 Å². The maximum atomic E-state index is 11.8. The minimum absolute atomic E-state index is 0.111. The molecule has 0 spiro atoms. The van der Waals surface area contributed by atoms with Crippen LogP contribution in [0, 0.1) is 0 Å². The van der Waals surface area contributed by atoms with Gasteiger partial charge in [-0.1, -0.05) is 0 Å². The van der Waals surface area contributed by atoms with Crippen molar-refractivity contribution in [2.24, 2.45) is 0 Å². The second-order valence-electron chi connectivity index (χ2n) is 6.00. The molecule has 2 heterocycles. The fourth-order valence-electron chi connectivity index (χ4n) is 3.01. The highest BCUT2D eigenvalue weighted by Gasteiger charge is 2.46. The summed E-state index contributed by atoms with van der Waals surface area (Å²) < 4.78 is 68.6. The number of hydrogen-bond donors (Lipinski definition) is 1. The molecule has 1 aliphatic heterocycles. The van der Waals surface area contributed by atoms with Crippen LogP contribution in [-0.4, -0.2) is 72.6 Å². The molecule has 1 N–H and O–H groups in total. The number of morpholine rings is 1. The highest BCUT2D eigenvalue weighted by molar-refractivity contribution is 7.88. The van der Waals surface area contributed by atoms with E-state index in [1.165, 1.54) is 6.26 Å². The largest absolute Gasteiger partial charge is 0.490 e. The van der Waals surface area contributed by atoms with E-state index in [0.29, 0.717) is 18.9 Å². The molecular formula is C15H19F3N2O6S. The fourth-order valence-corrected chi connectivity index (χ4v) is 4.13. The summed E-state index contributed by atoms with van der Waals surface area (Å²) in [4.78, 5) is 12.9. The number of fused-ring (bicyclic) bond motifs is 1. The zero-order valence-electron chi connectivity index (χ0n) is 14.3. The van der Waals surface area contributed by atoms with Gasteiger partial charge in [-0.2, -0.15) is 17.5 Å². The Kier molecular flexibility index (Phi) is 6.65. The van der Waals surface area contributed by atoms with Crippen LogP contribution in [0.5, 0.6) is 5.75 Å². The molecule has 0 aromatic carbocycles. The first-order valence-electron chi connectivity index (χ1n) is 7.95. The molecule has 0 amide bonds. The zero-order chi connectivity index (χ0) is 20.2. The van der Waals surface area contributed by atoms with E-state index in [-0.39, 0.29) is 18.2 Å². The lowest BCUT2D eigenvalue weighted by atomic mass is 10.1. The number of aliphatic carboxylic acids is 1. The van der Waals surface area contributed by atoms with Crippen LogP contribution in [0.3, 0.4) is 0 Å². The molecule has 3 rings (SSSR count). The summed E-state index contributed by atoms with van der Waals surface area (Å²) in [5.41, 5.74) is 0. The molecular weight excluding hydrogens is 393 g/mol. The Morgan fingerprint density at radius 3 is 2.59 bits per heavy atom. The van der Waals surface area contributed by atoms with Crippen molar-refractivity contribution in [2.45, 2.75) is 37.3 Å². The number of aromatic nitrogens is 1. The van der Waals surface area contributed by atoms with Crippen molar-refractivity contribution < 1.29 is 41.0 Å². The van der Waals surface area contributed by atoms with Crippen LogP contribution in [0.4, 0.5) is 13.2 Å². The summed E-state index contributed by atoms with van der Waals surface area (Å²) in [5.74, 6) is -2.06. The quantitative estimate of drug-likeness (QED) is 0.797. The lowest BCUT2D eigenvalue weighted by molar-refractivity contribution is -0.192. The van der Waals surface area contributed by atoms with Gasteiger partial charge in [0.05, 0.1) is 25.1 Å². The minimum Gasteiger partial charge on any atom is -0.486 e. The standard InChI is InChI=1S/C13H18N2O4S.C2HF3O2/c1-20(16,17)15-7-8-18-13-11(15)4-5-12(13)19-10-3-2-6-14-9-10;3-2(4,5)1(6)7/h2-3,6,9,11-13H,4-5,7-8H2,1H3;(H,6,7)/t11-,12+,13+;/m0./s1. The van der Waals surface area contributed by atoms with Gasteiger partial charge in [-0.25, -0.2) is 13.2 Å². The van der Waals surface area contributed by atoms with E-state index in [2.05, 4.69) is 4.98 Å². The van der Waals surface area contributed by atoms with Gasteiger partial charge in [0.15, 0.2) is 0 Å². The van der Waals surface area contributed by atoms with Gasteiger partial charge in [-0.15, -0.1) is 0 Å². The molecule has 1 saturated carbocycles. The third-order valence-corrected chi connectivity index (χ3v) is 5.38. The van der Waals surface area contributed by atoms with Gasteiger partial charge in [0, 0.05) is 12.7 Å². The van der Waals surface area contributed by atoms with Crippen LogP contribution in [0.25, 0.3) is 0 Å². The van der Waals surface area contributed by atoms with Gasteiger partial charge in [0.1, 0.15) is 18.0 Å². The highest BCUT2D eigenvalue weighted by atomic mass is 32.2. The number of hydrogen-bond acceptors (Lipinski definition) is 6. The first kappa shape index (κ1) is 21.4. The van der Waals surface area contributed by atoms with Crippen LogP contribution >= 0.6 is 0 Å². The van der Waals surface area contributed by atoms with E-state index >= 15 is 0 Å². The van der Waals surface area contributed by atoms with E-state index < -0.39 is 22.2 Å². The number of carbonyl (C=O) groups is 1. The number of halogens is 3. The average Bonchev–Trinajstić information content (AvgIpc) is 2.97. The minimum atomic E-state index is -5.08. The molecule has 0 unspecified atom stereocenters. The van der Waals surface area contributed by atoms with Crippen molar-refractivity contribution >= 4 is 16.0 Å². The lowest BCUT2D eigenvalue weighted by Gasteiger charge is -2.37. The number of rotatable bonds is 3. The van der Waals surface area contributed by atoms with Crippen LogP contribution < -0.4 is 4.74 Å². The van der Waals surface area contributed by atoms with Gasteiger partial charge >= 0.3 is 12.1 Å². The van der Waals surface area contributed by atoms with Crippen molar-refractivity contribution in [1.29, 1.82) is 0 Å². The summed E-state index contributed by atoms with van der Waals surface area (Å²) >= 11 is 0. The van der Waals surface area contributed by atoms with Crippen molar-refractivity contribution in [3.63, 3.8) is 0 Å². The van der Waals surface area contributed by atoms with E-state index in [1.807, 2.05) is 12.1 Å². The number of alkyl halides is 3. The predicted molar refractivity (Wildman–Crippen MR) is 86.7 cm³/mol. The Balaban J connectivity index is 0.000000321. The number of nitrogens with zero attached hydrogens (tertiary/aromatic N) is 2. The Labute approximate surface area is 153 Å². The summed E-state index contributed by atoms with van der Waals surface area (Å²) in [5, 5.41) is 7.12. The number of pyridine rings is 1. The summed E-state index contributed by atoms with van der Waals surface area (Å²) in [6.07, 6.45) is 0.758. The smallest absolute Gasteiger partial charge is 0.486 e. The summed E-state index contributed by atoms with van der Waals surface area (Å²) in [6, 6.07) is 3.55. The molecule has 152 valence electrons. The second-order valence-corrected chi connectivity index (χ2v) is 7.94. The highest BCUT2D eigenvalue weighted by Crippen LogP contribution is 2.33. The van der Waals surface area contributed by atoms with E-state index in [0.717, 1.165) is 12.8 Å². The molecule has 1 saturated heterocycles. The molecule has 12 heteroatoms. The maximum absolute atomic E-state index is 11.8. The van der Waals surface area contributed by atoms with E-state index in [4.69, 9.17) is 19.4 Å². The van der Waals surface area contributed by atoms with E-state index in [1.54, 1.807) is 16.7 Å². The molecule has 1 aromatic rings. The Hall–Kier alpha value is -1.92.